The number of aromatic amines is 1. The summed E-state index contributed by atoms with van der Waals surface area (Å²) in [6.45, 7) is 7.19. The van der Waals surface area contributed by atoms with Crippen LogP contribution in [0.5, 0.6) is 0 Å². The molecular formula is C16H22N4O2. The van der Waals surface area contributed by atoms with Gasteiger partial charge in [-0.05, 0) is 39.3 Å². The molecule has 1 amide bonds. The smallest absolute Gasteiger partial charge is 0.407 e. The highest BCUT2D eigenvalue weighted by molar-refractivity contribution is 5.77. The van der Waals surface area contributed by atoms with Crippen LogP contribution in [0.3, 0.4) is 0 Å². The molecule has 22 heavy (non-hydrogen) atoms. The van der Waals surface area contributed by atoms with Gasteiger partial charge in [-0.25, -0.2) is 9.78 Å². The minimum absolute atomic E-state index is 0.0862. The number of H-pyrrole nitrogens is 1. The molecule has 118 valence electrons. The largest absolute Gasteiger partial charge is 0.444 e. The van der Waals surface area contributed by atoms with Gasteiger partial charge in [-0.15, -0.1) is 0 Å². The Morgan fingerprint density at radius 2 is 2.18 bits per heavy atom. The standard InChI is InChI=1S/C16H22N4O2/c1-16(2,3)22-15(21)17-11-8-9-20(10-11)14-18-12-6-4-5-7-13(12)19-14/h4-7,11H,8-10H2,1-3H3,(H,17,21)(H,18,19)/t11-/m1/s1. The predicted molar refractivity (Wildman–Crippen MR) is 86.1 cm³/mol. The lowest BCUT2D eigenvalue weighted by atomic mass is 10.2. The molecule has 0 bridgehead atoms. The number of alkyl carbamates (subject to hydrolysis) is 1. The van der Waals surface area contributed by atoms with Gasteiger partial charge in [-0.2, -0.15) is 0 Å². The van der Waals surface area contributed by atoms with Crippen molar-refractivity contribution in [1.82, 2.24) is 15.3 Å². The number of ether oxygens (including phenoxy) is 1. The number of imidazole rings is 1. The molecule has 0 unspecified atom stereocenters. The maximum atomic E-state index is 11.8. The average Bonchev–Trinajstić information content (AvgIpc) is 3.01. The fourth-order valence-electron chi connectivity index (χ4n) is 2.63. The van der Waals surface area contributed by atoms with Gasteiger partial charge in [-0.1, -0.05) is 12.1 Å². The van der Waals surface area contributed by atoms with Gasteiger partial charge in [0.25, 0.3) is 0 Å². The second-order valence-electron chi connectivity index (χ2n) is 6.66. The number of amides is 1. The summed E-state index contributed by atoms with van der Waals surface area (Å²) in [4.78, 5) is 21.9. The lowest BCUT2D eigenvalue weighted by Crippen LogP contribution is -2.40. The molecule has 0 radical (unpaired) electrons. The van der Waals surface area contributed by atoms with Crippen molar-refractivity contribution in [2.45, 2.75) is 38.8 Å². The van der Waals surface area contributed by atoms with E-state index in [-0.39, 0.29) is 12.1 Å². The highest BCUT2D eigenvalue weighted by Gasteiger charge is 2.27. The Bertz CT molecular complexity index is 641. The molecule has 1 aliphatic rings. The van der Waals surface area contributed by atoms with E-state index in [1.807, 2.05) is 45.0 Å². The van der Waals surface area contributed by atoms with E-state index < -0.39 is 5.60 Å². The third-order valence-corrected chi connectivity index (χ3v) is 3.59. The molecule has 6 heteroatoms. The molecule has 6 nitrogen and oxygen atoms in total. The topological polar surface area (TPSA) is 70.2 Å². The van der Waals surface area contributed by atoms with E-state index >= 15 is 0 Å². The monoisotopic (exact) mass is 302 g/mol. The highest BCUT2D eigenvalue weighted by atomic mass is 16.6. The van der Waals surface area contributed by atoms with Crippen LogP contribution in [0.15, 0.2) is 24.3 Å². The predicted octanol–water partition coefficient (Wildman–Crippen LogP) is 2.67. The number of hydrogen-bond donors (Lipinski definition) is 2. The first-order chi connectivity index (χ1) is 10.4. The third kappa shape index (κ3) is 3.32. The van der Waals surface area contributed by atoms with Crippen LogP contribution in [0, 0.1) is 0 Å². The Morgan fingerprint density at radius 1 is 1.41 bits per heavy atom. The van der Waals surface area contributed by atoms with Gasteiger partial charge in [0.2, 0.25) is 5.95 Å². The minimum atomic E-state index is -0.471. The van der Waals surface area contributed by atoms with Crippen LogP contribution < -0.4 is 10.2 Å². The normalized spacial score (nSPS) is 18.7. The molecule has 0 aliphatic carbocycles. The molecule has 1 atom stereocenters. The molecule has 3 rings (SSSR count). The van der Waals surface area contributed by atoms with Crippen molar-refractivity contribution in [1.29, 1.82) is 0 Å². The fraction of sp³-hybridized carbons (Fsp3) is 0.500. The van der Waals surface area contributed by atoms with E-state index in [1.165, 1.54) is 0 Å². The highest BCUT2D eigenvalue weighted by Crippen LogP contribution is 2.21. The van der Waals surface area contributed by atoms with Crippen molar-refractivity contribution in [3.8, 4) is 0 Å². The summed E-state index contributed by atoms with van der Waals surface area (Å²) >= 11 is 0. The summed E-state index contributed by atoms with van der Waals surface area (Å²) in [5, 5.41) is 2.92. The Kier molecular flexibility index (Phi) is 3.68. The fourth-order valence-corrected chi connectivity index (χ4v) is 2.63. The number of nitrogens with one attached hydrogen (secondary N) is 2. The van der Waals surface area contributed by atoms with Crippen LogP contribution >= 0.6 is 0 Å². The maximum absolute atomic E-state index is 11.8. The van der Waals surface area contributed by atoms with Crippen molar-refractivity contribution in [3.63, 3.8) is 0 Å². The zero-order valence-electron chi connectivity index (χ0n) is 13.2. The Labute approximate surface area is 129 Å². The summed E-state index contributed by atoms with van der Waals surface area (Å²) in [6.07, 6.45) is 0.528. The number of hydrogen-bond acceptors (Lipinski definition) is 4. The van der Waals surface area contributed by atoms with Gasteiger partial charge in [0.1, 0.15) is 5.60 Å². The quantitative estimate of drug-likeness (QED) is 0.895. The summed E-state index contributed by atoms with van der Waals surface area (Å²) in [5.74, 6) is 0.856. The van der Waals surface area contributed by atoms with Gasteiger partial charge in [0.15, 0.2) is 0 Å². The summed E-state index contributed by atoms with van der Waals surface area (Å²) in [7, 11) is 0. The molecule has 1 aromatic heterocycles. The van der Waals surface area contributed by atoms with E-state index in [1.54, 1.807) is 0 Å². The zero-order valence-corrected chi connectivity index (χ0v) is 13.2. The van der Waals surface area contributed by atoms with Crippen LogP contribution in [0.25, 0.3) is 11.0 Å². The first-order valence-electron chi connectivity index (χ1n) is 7.60. The molecule has 1 aliphatic heterocycles. The van der Waals surface area contributed by atoms with Crippen molar-refractivity contribution in [2.24, 2.45) is 0 Å². The molecule has 2 aromatic rings. The summed E-state index contributed by atoms with van der Waals surface area (Å²) < 4.78 is 5.30. The molecule has 1 aromatic carbocycles. The van der Waals surface area contributed by atoms with E-state index in [0.29, 0.717) is 0 Å². The molecule has 2 heterocycles. The summed E-state index contributed by atoms with van der Waals surface area (Å²) in [6, 6.07) is 8.05. The van der Waals surface area contributed by atoms with Crippen molar-refractivity contribution < 1.29 is 9.53 Å². The molecule has 1 fully saturated rings. The number of carbonyl (C=O) groups excluding carboxylic acids is 1. The second kappa shape index (κ2) is 5.51. The zero-order chi connectivity index (χ0) is 15.7. The van der Waals surface area contributed by atoms with Crippen LogP contribution in [0.4, 0.5) is 10.7 Å². The van der Waals surface area contributed by atoms with Crippen molar-refractivity contribution in [3.05, 3.63) is 24.3 Å². The Balaban J connectivity index is 1.61. The van der Waals surface area contributed by atoms with Gasteiger partial charge >= 0.3 is 6.09 Å². The van der Waals surface area contributed by atoms with Crippen LogP contribution in [0.2, 0.25) is 0 Å². The number of nitrogens with zero attached hydrogens (tertiary/aromatic N) is 2. The van der Waals surface area contributed by atoms with Gasteiger partial charge in [0, 0.05) is 13.1 Å². The number of anilines is 1. The van der Waals surface area contributed by atoms with E-state index in [9.17, 15) is 4.79 Å². The van der Waals surface area contributed by atoms with Crippen molar-refractivity contribution in [2.75, 3.05) is 18.0 Å². The first kappa shape index (κ1) is 14.7. The van der Waals surface area contributed by atoms with Crippen LogP contribution in [-0.4, -0.2) is 40.8 Å². The minimum Gasteiger partial charge on any atom is -0.444 e. The van der Waals surface area contributed by atoms with Gasteiger partial charge in [-0.3, -0.25) is 0 Å². The van der Waals surface area contributed by atoms with Crippen LogP contribution in [0.1, 0.15) is 27.2 Å². The average molecular weight is 302 g/mol. The number of benzene rings is 1. The number of fused-ring (bicyclic) bond motifs is 1. The summed E-state index contributed by atoms with van der Waals surface area (Å²) in [5.41, 5.74) is 1.52. The number of para-hydroxylation sites is 2. The van der Waals surface area contributed by atoms with E-state index in [4.69, 9.17) is 4.74 Å². The molecule has 1 saturated heterocycles. The van der Waals surface area contributed by atoms with Crippen LogP contribution in [-0.2, 0) is 4.74 Å². The van der Waals surface area contributed by atoms with Gasteiger partial charge < -0.3 is 19.9 Å². The molecule has 0 saturated carbocycles. The molecule has 2 N–H and O–H groups in total. The molecule has 0 spiro atoms. The van der Waals surface area contributed by atoms with E-state index in [0.717, 1.165) is 36.5 Å². The number of aromatic nitrogens is 2. The molecular weight excluding hydrogens is 280 g/mol. The second-order valence-corrected chi connectivity index (χ2v) is 6.66. The van der Waals surface area contributed by atoms with Gasteiger partial charge in [0.05, 0.1) is 17.1 Å². The third-order valence-electron chi connectivity index (χ3n) is 3.59. The number of rotatable bonds is 2. The lowest BCUT2D eigenvalue weighted by Gasteiger charge is -2.22. The Hall–Kier alpha value is -2.24. The first-order valence-corrected chi connectivity index (χ1v) is 7.60. The van der Waals surface area contributed by atoms with Crippen molar-refractivity contribution >= 4 is 23.1 Å². The SMILES string of the molecule is CC(C)(C)OC(=O)N[C@@H]1CCN(c2nc3ccccc3[nH]2)C1. The maximum Gasteiger partial charge on any atom is 0.407 e. The Morgan fingerprint density at radius 3 is 2.91 bits per heavy atom. The lowest BCUT2D eigenvalue weighted by molar-refractivity contribution is 0.0509. The van der Waals surface area contributed by atoms with E-state index in [2.05, 4.69) is 20.2 Å². The number of carbonyl (C=O) groups is 1.